The first-order valence-electron chi connectivity index (χ1n) is 9.43. The number of nitrogens with zero attached hydrogens (tertiary/aromatic N) is 2. The number of ether oxygens (including phenoxy) is 2. The van der Waals surface area contributed by atoms with Crippen LogP contribution in [0.25, 0.3) is 0 Å². The summed E-state index contributed by atoms with van der Waals surface area (Å²) >= 11 is 0. The third-order valence-electron chi connectivity index (χ3n) is 5.19. The highest BCUT2D eigenvalue weighted by Gasteiger charge is 2.41. The number of sulfonamides is 1. The minimum Gasteiger partial charge on any atom is -0.347 e. The zero-order valence-electron chi connectivity index (χ0n) is 15.8. The van der Waals surface area contributed by atoms with E-state index in [-0.39, 0.29) is 12.5 Å². The largest absolute Gasteiger partial charge is 0.347 e. The Hall–Kier alpha value is -1.48. The summed E-state index contributed by atoms with van der Waals surface area (Å²) < 4.78 is 36.9. The summed E-state index contributed by atoms with van der Waals surface area (Å²) in [5, 5.41) is 0. The van der Waals surface area contributed by atoms with Gasteiger partial charge in [-0.3, -0.25) is 4.79 Å². The van der Waals surface area contributed by atoms with Crippen molar-refractivity contribution in [1.82, 2.24) is 9.21 Å². The summed E-state index contributed by atoms with van der Waals surface area (Å²) in [5.41, 5.74) is 1.16. The standard InChI is InChI=1S/C19H28N2O5S/c1-27(23,24)21(11-5-8-17-6-3-2-4-7-17)16-18(22)20-12-9-19(10-13-20)25-14-15-26-19/h2-4,6-7H,5,8-16H2,1H3. The van der Waals surface area contributed by atoms with E-state index < -0.39 is 15.8 Å². The van der Waals surface area contributed by atoms with Crippen molar-refractivity contribution in [3.63, 3.8) is 0 Å². The molecule has 2 fully saturated rings. The van der Waals surface area contributed by atoms with Gasteiger partial charge in [-0.2, -0.15) is 4.31 Å². The van der Waals surface area contributed by atoms with Gasteiger partial charge in [0.2, 0.25) is 15.9 Å². The quantitative estimate of drug-likeness (QED) is 0.693. The normalized spacial score (nSPS) is 19.7. The van der Waals surface area contributed by atoms with E-state index in [1.807, 2.05) is 30.3 Å². The lowest BCUT2D eigenvalue weighted by Crippen LogP contribution is -2.50. The smallest absolute Gasteiger partial charge is 0.237 e. The van der Waals surface area contributed by atoms with E-state index in [9.17, 15) is 13.2 Å². The van der Waals surface area contributed by atoms with Crippen LogP contribution < -0.4 is 0 Å². The molecule has 0 aliphatic carbocycles. The van der Waals surface area contributed by atoms with Gasteiger partial charge in [0.15, 0.2) is 5.79 Å². The number of rotatable bonds is 7. The first-order valence-corrected chi connectivity index (χ1v) is 11.3. The molecule has 2 heterocycles. The Morgan fingerprint density at radius 1 is 1.15 bits per heavy atom. The van der Waals surface area contributed by atoms with E-state index in [4.69, 9.17) is 9.47 Å². The fourth-order valence-corrected chi connectivity index (χ4v) is 4.41. The topological polar surface area (TPSA) is 76.2 Å². The maximum absolute atomic E-state index is 12.6. The zero-order valence-corrected chi connectivity index (χ0v) is 16.6. The van der Waals surface area contributed by atoms with Crippen LogP contribution in [-0.2, 0) is 30.7 Å². The fourth-order valence-electron chi connectivity index (χ4n) is 3.60. The highest BCUT2D eigenvalue weighted by atomic mass is 32.2. The molecular weight excluding hydrogens is 368 g/mol. The van der Waals surface area contributed by atoms with Crippen molar-refractivity contribution in [2.45, 2.75) is 31.5 Å². The Labute approximate surface area is 161 Å². The first-order chi connectivity index (χ1) is 12.9. The van der Waals surface area contributed by atoms with Crippen LogP contribution in [0.4, 0.5) is 0 Å². The molecule has 7 nitrogen and oxygen atoms in total. The van der Waals surface area contributed by atoms with Gasteiger partial charge in [-0.1, -0.05) is 30.3 Å². The highest BCUT2D eigenvalue weighted by molar-refractivity contribution is 7.88. The van der Waals surface area contributed by atoms with Crippen LogP contribution in [0, 0.1) is 0 Å². The molecule has 0 N–H and O–H groups in total. The SMILES string of the molecule is CS(=O)(=O)N(CCCc1ccccc1)CC(=O)N1CCC2(CC1)OCCO2. The van der Waals surface area contributed by atoms with Gasteiger partial charge < -0.3 is 14.4 Å². The van der Waals surface area contributed by atoms with Crippen molar-refractivity contribution in [2.24, 2.45) is 0 Å². The van der Waals surface area contributed by atoms with Crippen molar-refractivity contribution in [2.75, 3.05) is 45.6 Å². The molecule has 2 aliphatic heterocycles. The zero-order chi connectivity index (χ0) is 19.3. The van der Waals surface area contributed by atoms with E-state index in [0.717, 1.165) is 18.2 Å². The molecule has 0 aromatic heterocycles. The highest BCUT2D eigenvalue weighted by Crippen LogP contribution is 2.31. The van der Waals surface area contributed by atoms with Gasteiger partial charge in [0.25, 0.3) is 0 Å². The van der Waals surface area contributed by atoms with Crippen molar-refractivity contribution in [3.8, 4) is 0 Å². The first kappa shape index (κ1) is 20.3. The van der Waals surface area contributed by atoms with Gasteiger partial charge in [0, 0.05) is 32.5 Å². The van der Waals surface area contributed by atoms with Crippen LogP contribution in [0.3, 0.4) is 0 Å². The molecule has 2 saturated heterocycles. The summed E-state index contributed by atoms with van der Waals surface area (Å²) in [5.74, 6) is -0.698. The molecule has 1 aromatic carbocycles. The second-order valence-corrected chi connectivity index (χ2v) is 9.16. The molecule has 1 aromatic rings. The summed E-state index contributed by atoms with van der Waals surface area (Å²) in [7, 11) is -3.44. The van der Waals surface area contributed by atoms with Crippen LogP contribution in [0.15, 0.2) is 30.3 Å². The summed E-state index contributed by atoms with van der Waals surface area (Å²) in [6.07, 6.45) is 3.88. The summed E-state index contributed by atoms with van der Waals surface area (Å²) in [6.45, 7) is 2.47. The lowest BCUT2D eigenvalue weighted by Gasteiger charge is -2.38. The molecule has 1 amide bonds. The van der Waals surface area contributed by atoms with Gasteiger partial charge in [-0.05, 0) is 18.4 Å². The van der Waals surface area contributed by atoms with Crippen LogP contribution >= 0.6 is 0 Å². The Morgan fingerprint density at radius 3 is 2.37 bits per heavy atom. The number of carbonyl (C=O) groups excluding carboxylic acids is 1. The molecule has 0 bridgehead atoms. The fraction of sp³-hybridized carbons (Fsp3) is 0.632. The number of piperidine rings is 1. The van der Waals surface area contributed by atoms with E-state index in [1.165, 1.54) is 4.31 Å². The predicted octanol–water partition coefficient (Wildman–Crippen LogP) is 1.25. The van der Waals surface area contributed by atoms with E-state index in [2.05, 4.69) is 0 Å². The average molecular weight is 397 g/mol. The summed E-state index contributed by atoms with van der Waals surface area (Å²) in [6, 6.07) is 9.93. The molecule has 0 unspecified atom stereocenters. The Kier molecular flexibility index (Phi) is 6.52. The average Bonchev–Trinajstić information content (AvgIpc) is 3.09. The van der Waals surface area contributed by atoms with Crippen molar-refractivity contribution < 1.29 is 22.7 Å². The predicted molar refractivity (Wildman–Crippen MR) is 102 cm³/mol. The minimum absolute atomic E-state index is 0.109. The van der Waals surface area contributed by atoms with Gasteiger partial charge in [-0.15, -0.1) is 0 Å². The number of hydrogen-bond donors (Lipinski definition) is 0. The number of carbonyl (C=O) groups is 1. The lowest BCUT2D eigenvalue weighted by atomic mass is 10.0. The summed E-state index contributed by atoms with van der Waals surface area (Å²) in [4.78, 5) is 14.3. The lowest BCUT2D eigenvalue weighted by molar-refractivity contribution is -0.187. The number of likely N-dealkylation sites (tertiary alicyclic amines) is 1. The number of aryl methyl sites for hydroxylation is 1. The third-order valence-corrected chi connectivity index (χ3v) is 6.44. The van der Waals surface area contributed by atoms with E-state index in [0.29, 0.717) is 52.1 Å². The molecule has 1 spiro atoms. The van der Waals surface area contributed by atoms with Crippen LogP contribution in [-0.4, -0.2) is 75.0 Å². The van der Waals surface area contributed by atoms with Gasteiger partial charge in [0.05, 0.1) is 26.0 Å². The molecule has 3 rings (SSSR count). The van der Waals surface area contributed by atoms with Crippen molar-refractivity contribution in [1.29, 1.82) is 0 Å². The molecule has 0 saturated carbocycles. The molecule has 0 radical (unpaired) electrons. The number of amides is 1. The van der Waals surface area contributed by atoms with Crippen molar-refractivity contribution >= 4 is 15.9 Å². The molecule has 0 atom stereocenters. The van der Waals surface area contributed by atoms with Gasteiger partial charge in [0.1, 0.15) is 0 Å². The number of hydrogen-bond acceptors (Lipinski definition) is 5. The van der Waals surface area contributed by atoms with E-state index in [1.54, 1.807) is 4.90 Å². The van der Waals surface area contributed by atoms with Gasteiger partial charge >= 0.3 is 0 Å². The van der Waals surface area contributed by atoms with E-state index >= 15 is 0 Å². The van der Waals surface area contributed by atoms with Crippen LogP contribution in [0.1, 0.15) is 24.8 Å². The molecule has 8 heteroatoms. The second-order valence-electron chi connectivity index (χ2n) is 7.17. The van der Waals surface area contributed by atoms with Gasteiger partial charge in [-0.25, -0.2) is 8.42 Å². The third kappa shape index (κ3) is 5.51. The Morgan fingerprint density at radius 2 is 1.78 bits per heavy atom. The Balaban J connectivity index is 1.51. The molecule has 27 heavy (non-hydrogen) atoms. The maximum atomic E-state index is 12.6. The van der Waals surface area contributed by atoms with Crippen LogP contribution in [0.2, 0.25) is 0 Å². The molecule has 2 aliphatic rings. The maximum Gasteiger partial charge on any atom is 0.237 e. The minimum atomic E-state index is -3.44. The second kappa shape index (κ2) is 8.68. The monoisotopic (exact) mass is 396 g/mol. The Bertz CT molecular complexity index is 722. The molecule has 150 valence electrons. The van der Waals surface area contributed by atoms with Crippen LogP contribution in [0.5, 0.6) is 0 Å². The van der Waals surface area contributed by atoms with Crippen molar-refractivity contribution in [3.05, 3.63) is 35.9 Å². The number of benzene rings is 1. The molecular formula is C19H28N2O5S.